The molecule has 0 bridgehead atoms. The van der Waals surface area contributed by atoms with E-state index in [1.165, 1.54) is 23.1 Å². The topological polar surface area (TPSA) is 20.3 Å². The maximum atomic E-state index is 12.4. The Morgan fingerprint density at radius 3 is 2.53 bits per heavy atom. The summed E-state index contributed by atoms with van der Waals surface area (Å²) in [6.45, 7) is 4.98. The highest BCUT2D eigenvalue weighted by molar-refractivity contribution is 5.79. The first-order valence-corrected chi connectivity index (χ1v) is 7.35. The van der Waals surface area contributed by atoms with E-state index in [4.69, 9.17) is 0 Å². The van der Waals surface area contributed by atoms with Crippen molar-refractivity contribution in [2.75, 3.05) is 7.05 Å². The second-order valence-electron chi connectivity index (χ2n) is 6.55. The number of carbonyl (C=O) groups is 1. The summed E-state index contributed by atoms with van der Waals surface area (Å²) in [5, 5.41) is 0. The minimum absolute atomic E-state index is 0.305. The second kappa shape index (κ2) is 4.66. The molecule has 0 saturated heterocycles. The van der Waals surface area contributed by atoms with E-state index in [1.54, 1.807) is 0 Å². The van der Waals surface area contributed by atoms with Crippen LogP contribution in [0, 0.1) is 31.6 Å². The average Bonchev–Trinajstić information content (AvgIpc) is 2.98. The minimum atomic E-state index is 0.305. The van der Waals surface area contributed by atoms with Gasteiger partial charge in [-0.2, -0.15) is 0 Å². The van der Waals surface area contributed by atoms with Crippen molar-refractivity contribution in [1.29, 1.82) is 0 Å². The van der Waals surface area contributed by atoms with Gasteiger partial charge in [-0.25, -0.2) is 0 Å². The summed E-state index contributed by atoms with van der Waals surface area (Å²) in [4.78, 5) is 14.3. The van der Waals surface area contributed by atoms with Crippen molar-refractivity contribution in [2.24, 2.45) is 17.8 Å². The first-order chi connectivity index (χ1) is 9.04. The third-order valence-corrected chi connectivity index (χ3v) is 4.87. The summed E-state index contributed by atoms with van der Waals surface area (Å²) in [5.74, 6) is 2.42. The molecule has 1 amide bonds. The number of fused-ring (bicyclic) bond motifs is 1. The summed E-state index contributed by atoms with van der Waals surface area (Å²) in [7, 11) is 1.95. The summed E-state index contributed by atoms with van der Waals surface area (Å²) in [6.07, 6.45) is 3.66. The van der Waals surface area contributed by atoms with Crippen LogP contribution in [0.4, 0.5) is 0 Å². The quantitative estimate of drug-likeness (QED) is 0.813. The standard InChI is InChI=1S/C17H23NO/c1-11-4-5-13(12(2)6-11)10-18(3)17(19)16-8-14-7-15(14)9-16/h4-6,14-16H,7-10H2,1-3H3. The van der Waals surface area contributed by atoms with Crippen molar-refractivity contribution in [3.8, 4) is 0 Å². The van der Waals surface area contributed by atoms with Crippen molar-refractivity contribution < 1.29 is 4.79 Å². The zero-order valence-electron chi connectivity index (χ0n) is 12.1. The molecule has 0 heterocycles. The molecule has 1 aromatic carbocycles. The summed E-state index contributed by atoms with van der Waals surface area (Å²) >= 11 is 0. The van der Waals surface area contributed by atoms with Crippen LogP contribution in [0.25, 0.3) is 0 Å². The lowest BCUT2D eigenvalue weighted by atomic mass is 10.0. The molecule has 0 spiro atoms. The van der Waals surface area contributed by atoms with Crippen LogP contribution in [0.3, 0.4) is 0 Å². The van der Waals surface area contributed by atoms with E-state index in [-0.39, 0.29) is 0 Å². The number of hydrogen-bond acceptors (Lipinski definition) is 1. The lowest BCUT2D eigenvalue weighted by molar-refractivity contribution is -0.134. The van der Waals surface area contributed by atoms with Crippen LogP contribution >= 0.6 is 0 Å². The number of amides is 1. The molecule has 2 saturated carbocycles. The predicted octanol–water partition coefficient (Wildman–Crippen LogP) is 3.31. The molecule has 2 atom stereocenters. The van der Waals surface area contributed by atoms with Gasteiger partial charge in [0.2, 0.25) is 5.91 Å². The van der Waals surface area contributed by atoms with E-state index < -0.39 is 0 Å². The number of hydrogen-bond donors (Lipinski definition) is 0. The molecule has 0 aromatic heterocycles. The Labute approximate surface area is 115 Å². The maximum Gasteiger partial charge on any atom is 0.225 e. The molecule has 2 aliphatic carbocycles. The molecular weight excluding hydrogens is 234 g/mol. The van der Waals surface area contributed by atoms with Crippen molar-refractivity contribution in [3.05, 3.63) is 34.9 Å². The molecule has 2 aliphatic rings. The molecule has 2 nitrogen and oxygen atoms in total. The summed E-state index contributed by atoms with van der Waals surface area (Å²) < 4.78 is 0. The minimum Gasteiger partial charge on any atom is -0.341 e. The molecule has 102 valence electrons. The molecule has 1 aromatic rings. The highest BCUT2D eigenvalue weighted by Crippen LogP contribution is 2.54. The average molecular weight is 257 g/mol. The Balaban J connectivity index is 1.63. The molecule has 19 heavy (non-hydrogen) atoms. The number of benzene rings is 1. The number of nitrogens with zero attached hydrogens (tertiary/aromatic N) is 1. The fourth-order valence-electron chi connectivity index (χ4n) is 3.58. The van der Waals surface area contributed by atoms with Crippen molar-refractivity contribution in [2.45, 2.75) is 39.7 Å². The Hall–Kier alpha value is -1.31. The van der Waals surface area contributed by atoms with Crippen LogP contribution in [0.5, 0.6) is 0 Å². The highest BCUT2D eigenvalue weighted by Gasteiger charge is 2.48. The van der Waals surface area contributed by atoms with Crippen LogP contribution in [0.1, 0.15) is 36.0 Å². The van der Waals surface area contributed by atoms with Gasteiger partial charge in [0, 0.05) is 19.5 Å². The lowest BCUT2D eigenvalue weighted by Gasteiger charge is -2.23. The fraction of sp³-hybridized carbons (Fsp3) is 0.588. The van der Waals surface area contributed by atoms with Crippen molar-refractivity contribution >= 4 is 5.91 Å². The van der Waals surface area contributed by atoms with Gasteiger partial charge in [-0.15, -0.1) is 0 Å². The van der Waals surface area contributed by atoms with Crippen LogP contribution in [0.15, 0.2) is 18.2 Å². The first kappa shape index (κ1) is 12.7. The Morgan fingerprint density at radius 1 is 1.21 bits per heavy atom. The van der Waals surface area contributed by atoms with Gasteiger partial charge in [0.1, 0.15) is 0 Å². The normalized spacial score (nSPS) is 28.1. The van der Waals surface area contributed by atoms with Gasteiger partial charge in [-0.3, -0.25) is 4.79 Å². The van der Waals surface area contributed by atoms with Gasteiger partial charge in [0.25, 0.3) is 0 Å². The Bertz CT molecular complexity index is 498. The van der Waals surface area contributed by atoms with Crippen molar-refractivity contribution in [1.82, 2.24) is 4.90 Å². The fourth-order valence-corrected chi connectivity index (χ4v) is 3.58. The smallest absolute Gasteiger partial charge is 0.225 e. The molecule has 0 aliphatic heterocycles. The zero-order valence-corrected chi connectivity index (χ0v) is 12.1. The molecule has 3 rings (SSSR count). The third kappa shape index (κ3) is 2.54. The predicted molar refractivity (Wildman–Crippen MR) is 76.7 cm³/mol. The van der Waals surface area contributed by atoms with E-state index >= 15 is 0 Å². The van der Waals surface area contributed by atoms with Crippen LogP contribution in [-0.2, 0) is 11.3 Å². The monoisotopic (exact) mass is 257 g/mol. The highest BCUT2D eigenvalue weighted by atomic mass is 16.2. The van der Waals surface area contributed by atoms with Crippen molar-refractivity contribution in [3.63, 3.8) is 0 Å². The largest absolute Gasteiger partial charge is 0.341 e. The van der Waals surface area contributed by atoms with E-state index in [1.807, 2.05) is 11.9 Å². The van der Waals surface area contributed by atoms with E-state index in [0.29, 0.717) is 11.8 Å². The number of aryl methyl sites for hydroxylation is 2. The summed E-state index contributed by atoms with van der Waals surface area (Å²) in [5.41, 5.74) is 3.84. The van der Waals surface area contributed by atoms with E-state index in [9.17, 15) is 4.79 Å². The molecular formula is C17H23NO. The van der Waals surface area contributed by atoms with Crippen LogP contribution in [-0.4, -0.2) is 17.9 Å². The second-order valence-corrected chi connectivity index (χ2v) is 6.55. The van der Waals surface area contributed by atoms with Crippen LogP contribution < -0.4 is 0 Å². The Morgan fingerprint density at radius 2 is 1.89 bits per heavy atom. The number of rotatable bonds is 3. The summed E-state index contributed by atoms with van der Waals surface area (Å²) in [6, 6.07) is 6.48. The van der Waals surface area contributed by atoms with Gasteiger partial charge < -0.3 is 4.90 Å². The number of carbonyl (C=O) groups excluding carboxylic acids is 1. The molecule has 0 radical (unpaired) electrons. The van der Waals surface area contributed by atoms with E-state index in [2.05, 4.69) is 32.0 Å². The lowest BCUT2D eigenvalue weighted by Crippen LogP contribution is -2.32. The molecule has 0 N–H and O–H groups in total. The third-order valence-electron chi connectivity index (χ3n) is 4.87. The Kier molecular flexibility index (Phi) is 3.12. The van der Waals surface area contributed by atoms with Gasteiger partial charge in [0.15, 0.2) is 0 Å². The van der Waals surface area contributed by atoms with Crippen LogP contribution in [0.2, 0.25) is 0 Å². The van der Waals surface area contributed by atoms with Gasteiger partial charge in [0.05, 0.1) is 0 Å². The van der Waals surface area contributed by atoms with Gasteiger partial charge >= 0.3 is 0 Å². The molecule has 2 fully saturated rings. The molecule has 2 unspecified atom stereocenters. The molecule has 2 heteroatoms. The zero-order chi connectivity index (χ0) is 13.6. The maximum absolute atomic E-state index is 12.4. The van der Waals surface area contributed by atoms with Gasteiger partial charge in [-0.05, 0) is 56.1 Å². The van der Waals surface area contributed by atoms with Gasteiger partial charge in [-0.1, -0.05) is 23.8 Å². The SMILES string of the molecule is Cc1ccc(CN(C)C(=O)C2CC3CC3C2)c(C)c1. The first-order valence-electron chi connectivity index (χ1n) is 7.35. The van der Waals surface area contributed by atoms with E-state index in [0.717, 1.165) is 31.2 Å².